The van der Waals surface area contributed by atoms with E-state index in [1.807, 2.05) is 149 Å². The summed E-state index contributed by atoms with van der Waals surface area (Å²) in [5.74, 6) is 2.95. The molecule has 101 heavy (non-hydrogen) atoms. The van der Waals surface area contributed by atoms with Crippen LogP contribution in [0.3, 0.4) is 0 Å². The molecule has 3 aromatic rings. The molecule has 0 saturated carbocycles. The van der Waals surface area contributed by atoms with E-state index in [4.69, 9.17) is 47.9 Å². The topological polar surface area (TPSA) is 549 Å². The first-order valence-electron chi connectivity index (χ1n) is 31.9. The van der Waals surface area contributed by atoms with E-state index >= 15 is 0 Å². The second kappa shape index (κ2) is 205. The number of piperidine rings is 1. The number of rotatable bonds is 11. The predicted molar refractivity (Wildman–Crippen MR) is 445 cm³/mol. The minimum atomic E-state index is -0.647. The van der Waals surface area contributed by atoms with Crippen LogP contribution in [-0.2, 0) is 81.6 Å². The quantitative estimate of drug-likeness (QED) is 0.0849. The van der Waals surface area contributed by atoms with Gasteiger partial charge >= 0.3 is 0 Å². The fourth-order valence-corrected chi connectivity index (χ4v) is 4.54. The molecule has 4 rings (SSSR count). The van der Waals surface area contributed by atoms with Crippen molar-refractivity contribution in [3.8, 4) is 0 Å². The van der Waals surface area contributed by atoms with Crippen LogP contribution in [0.4, 0.5) is 0 Å². The van der Waals surface area contributed by atoms with Gasteiger partial charge in [-0.3, -0.25) is 19.4 Å². The number of nitrogens with zero attached hydrogens (tertiary/aromatic N) is 3. The van der Waals surface area contributed by atoms with Crippen LogP contribution in [0.25, 0.3) is 0 Å². The monoisotopic (exact) mass is 1470 g/mol. The van der Waals surface area contributed by atoms with Crippen molar-refractivity contribution in [2.75, 3.05) is 62.4 Å². The Morgan fingerprint density at radius 1 is 0.446 bits per heavy atom. The Labute approximate surface area is 623 Å². The molecule has 0 radical (unpaired) electrons. The summed E-state index contributed by atoms with van der Waals surface area (Å²) in [4.78, 5) is 124. The highest BCUT2D eigenvalue weighted by atomic mass is 16.2. The highest BCUT2D eigenvalue weighted by Gasteiger charge is 2.29. The third-order valence-electron chi connectivity index (χ3n) is 9.77. The Morgan fingerprint density at radius 3 is 0.871 bits per heavy atom. The highest BCUT2D eigenvalue weighted by molar-refractivity contribution is 5.91. The molecule has 27 nitrogen and oxygen atoms in total. The average molecular weight is 1470 g/mol. The number of benzene rings is 2. The number of nitrogens with one attached hydrogen (secondary N) is 1. The van der Waals surface area contributed by atoms with Gasteiger partial charge in [0, 0.05) is 48.7 Å². The van der Waals surface area contributed by atoms with Crippen molar-refractivity contribution in [2.45, 2.75) is 208 Å². The van der Waals surface area contributed by atoms with Gasteiger partial charge in [-0.05, 0) is 128 Å². The number of carbonyl (C=O) groups is 13. The van der Waals surface area contributed by atoms with Crippen LogP contribution >= 0.6 is 0 Å². The lowest BCUT2D eigenvalue weighted by molar-refractivity contribution is -0.140. The van der Waals surface area contributed by atoms with Gasteiger partial charge in [0.25, 0.3) is 0 Å². The fourth-order valence-electron chi connectivity index (χ4n) is 4.54. The van der Waals surface area contributed by atoms with Gasteiger partial charge in [-0.1, -0.05) is 211 Å². The standard InChI is InChI=1S/C20H29N3O3.C8H10.C7H9N.3C5H12.C4H10.2C2H6.6CH5N.10CH2O.4H3N.2H2/c1-15(20(26)23-12-8-5-9-13-23)21-19(25)18(22(3)16(2)24)14-17-10-6-4-7-11-17;1-2-8-6-4-3-5-7-8;1-2-7-4-3-5-8-6-7;3*1-4-5(2)3;1-4(2)3;18*1-2;;;;;;/h4,6-7,10-11,15,18H,5,8-9,12-14H2,1-3H3,(H,21,25);3-7H,2H2,1H3;3-6H,2H2,1H3;3*5H,4H2,1-3H3;4H,1-3H3;2*1-2H3;6*2H2,1H3;10*1H2;4*1H3;2*1H/t15-,18-;;;;;;;;;;;;;;;;;;;;;;;;;;;;;;/m0............................../s1. The van der Waals surface area contributed by atoms with Crippen LogP contribution in [0.2, 0.25) is 0 Å². The molecular formula is C74H172N14O13. The Hall–Kier alpha value is -7.70. The van der Waals surface area contributed by atoms with Crippen molar-refractivity contribution in [3.05, 3.63) is 102 Å². The molecule has 1 fully saturated rings. The molecule has 1 aliphatic rings. The average Bonchev–Trinajstić information content (AvgIpc) is 0.854. The number of hydrogen-bond donors (Lipinski definition) is 11. The number of nitrogens with two attached hydrogens (primary N) is 6. The molecule has 3 amide bonds. The van der Waals surface area contributed by atoms with Crippen molar-refractivity contribution in [2.24, 2.45) is 58.1 Å². The summed E-state index contributed by atoms with van der Waals surface area (Å²) in [7, 11) is 10.6. The molecule has 1 aliphatic heterocycles. The fraction of sp³-hybridized carbons (Fsp3) is 0.595. The predicted octanol–water partition coefficient (Wildman–Crippen LogP) is 12.1. The third-order valence-corrected chi connectivity index (χ3v) is 9.77. The van der Waals surface area contributed by atoms with Gasteiger partial charge in [-0.2, -0.15) is 0 Å². The number of amides is 3. The van der Waals surface area contributed by atoms with Gasteiger partial charge in [-0.25, -0.2) is 0 Å². The van der Waals surface area contributed by atoms with E-state index in [2.05, 4.69) is 172 Å². The van der Waals surface area contributed by atoms with Crippen LogP contribution in [0.1, 0.15) is 197 Å². The van der Waals surface area contributed by atoms with Crippen molar-refractivity contribution >= 4 is 85.6 Å². The van der Waals surface area contributed by atoms with Crippen LogP contribution in [-0.4, -0.2) is 175 Å². The zero-order chi connectivity index (χ0) is 83.2. The number of likely N-dealkylation sites (tertiary alicyclic amines) is 1. The second-order valence-electron chi connectivity index (χ2n) is 17.6. The van der Waals surface area contributed by atoms with E-state index in [9.17, 15) is 14.4 Å². The molecule has 1 saturated heterocycles. The first-order valence-corrected chi connectivity index (χ1v) is 31.9. The van der Waals surface area contributed by atoms with E-state index in [1.165, 1.54) is 84.5 Å². The van der Waals surface area contributed by atoms with E-state index in [-0.39, 0.29) is 45.2 Å². The van der Waals surface area contributed by atoms with E-state index in [0.29, 0.717) is 6.42 Å². The summed E-state index contributed by atoms with van der Waals surface area (Å²) < 4.78 is 0. The molecular weight excluding hydrogens is 1290 g/mol. The van der Waals surface area contributed by atoms with Gasteiger partial charge in [0.15, 0.2) is 0 Å². The normalized spacial score (nSPS) is 8.35. The third kappa shape index (κ3) is 194. The molecule has 25 N–H and O–H groups in total. The smallest absolute Gasteiger partial charge is 0.244 e. The van der Waals surface area contributed by atoms with Crippen molar-refractivity contribution in [3.63, 3.8) is 0 Å². The molecule has 1 aromatic heterocycles. The Bertz CT molecular complexity index is 1580. The van der Waals surface area contributed by atoms with E-state index < -0.39 is 12.1 Å². The largest absolute Gasteiger partial charge is 0.344 e. The Balaban J connectivity index is -0.0000000258. The number of aromatic nitrogens is 1. The minimum Gasteiger partial charge on any atom is -0.344 e. The van der Waals surface area contributed by atoms with Gasteiger partial charge in [0.05, 0.1) is 0 Å². The number of carbonyl (C=O) groups excluding carboxylic acids is 13. The van der Waals surface area contributed by atoms with Gasteiger partial charge in [0.1, 0.15) is 80.0 Å². The number of pyridine rings is 1. The molecule has 2 atom stereocenters. The lowest BCUT2D eigenvalue weighted by Gasteiger charge is -2.31. The summed E-state index contributed by atoms with van der Waals surface area (Å²) in [6, 6.07) is 22.8. The maximum absolute atomic E-state index is 12.8. The summed E-state index contributed by atoms with van der Waals surface area (Å²) in [5, 5.41) is 2.81. The number of aryl methyl sites for hydroxylation is 2. The van der Waals surface area contributed by atoms with Crippen molar-refractivity contribution in [1.82, 2.24) is 44.7 Å². The van der Waals surface area contributed by atoms with Crippen molar-refractivity contribution < 1.29 is 65.2 Å². The van der Waals surface area contributed by atoms with E-state index in [0.717, 1.165) is 74.4 Å². The van der Waals surface area contributed by atoms with E-state index in [1.54, 1.807) is 20.2 Å². The molecule has 2 aromatic carbocycles. The van der Waals surface area contributed by atoms with Crippen LogP contribution in [0, 0.1) is 23.7 Å². The molecule has 27 heteroatoms. The molecule has 0 unspecified atom stereocenters. The molecule has 0 spiro atoms. The number of hydrogen-bond acceptors (Lipinski definition) is 24. The Kier molecular flexibility index (Phi) is 345. The summed E-state index contributed by atoms with van der Waals surface area (Å²) in [6.45, 7) is 63.4. The van der Waals surface area contributed by atoms with Gasteiger partial charge < -0.3 is 122 Å². The molecule has 616 valence electrons. The van der Waals surface area contributed by atoms with Crippen LogP contribution in [0.5, 0.6) is 0 Å². The van der Waals surface area contributed by atoms with Crippen LogP contribution in [0.15, 0.2) is 85.2 Å². The minimum absolute atomic E-state index is 0. The zero-order valence-electron chi connectivity index (χ0n) is 69.8. The number of likely N-dealkylation sites (N-methyl/N-ethyl adjacent to an activating group) is 1. The summed E-state index contributed by atoms with van der Waals surface area (Å²) >= 11 is 0. The van der Waals surface area contributed by atoms with Crippen LogP contribution < -0.4 is 64.3 Å². The molecule has 2 heterocycles. The lowest BCUT2D eigenvalue weighted by atomic mass is 10.0. The molecule has 0 aliphatic carbocycles. The van der Waals surface area contributed by atoms with Gasteiger partial charge in [-0.15, -0.1) is 0 Å². The summed E-state index contributed by atoms with van der Waals surface area (Å²) in [5.41, 5.74) is 30.7. The maximum Gasteiger partial charge on any atom is 0.244 e. The SMILES string of the molecule is C=O.C=O.C=O.C=O.C=O.C=O.C=O.C=O.C=O.C=O.CC.CC.CC(=O)N(C)[C@@H](Cc1ccccc1)C(=O)N[C@@H](C)C(=O)N1CCCCC1.CC(C)C.CCC(C)C.CCC(C)C.CCC(C)C.CCc1ccccc1.CCc1cccnc1.CN.CN.CN.CN.CN.CN.N.N.N.N.[HH].[HH]. The first kappa shape index (κ1) is 170. The second-order valence-corrected chi connectivity index (χ2v) is 17.6. The first-order chi connectivity index (χ1) is 46.8. The maximum atomic E-state index is 12.8. The summed E-state index contributed by atoms with van der Waals surface area (Å²) in [6.07, 6.45) is 13.4. The molecule has 0 bridgehead atoms. The lowest BCUT2D eigenvalue weighted by Crippen LogP contribution is -2.54. The zero-order valence-corrected chi connectivity index (χ0v) is 69.8. The van der Waals surface area contributed by atoms with Crippen molar-refractivity contribution in [1.29, 1.82) is 0 Å². The highest BCUT2D eigenvalue weighted by Crippen LogP contribution is 2.12. The Morgan fingerprint density at radius 2 is 0.683 bits per heavy atom. The van der Waals surface area contributed by atoms with Gasteiger partial charge in [0.2, 0.25) is 17.7 Å².